The van der Waals surface area contributed by atoms with Gasteiger partial charge in [-0.25, -0.2) is 0 Å². The molecule has 2 heterocycles. The molecule has 1 aliphatic rings. The summed E-state index contributed by atoms with van der Waals surface area (Å²) in [4.78, 5) is 14.5. The number of rotatable bonds is 3. The number of fused-ring (bicyclic) bond motifs is 1. The molecule has 0 bridgehead atoms. The van der Waals surface area contributed by atoms with Crippen LogP contribution >= 0.6 is 11.8 Å². The van der Waals surface area contributed by atoms with Crippen molar-refractivity contribution in [3.05, 3.63) is 30.0 Å². The molecule has 0 saturated carbocycles. The van der Waals surface area contributed by atoms with E-state index in [9.17, 15) is 4.79 Å². The number of nitrogens with zero attached hydrogens (tertiary/aromatic N) is 1. The number of hydrogen-bond donors (Lipinski definition) is 0. The van der Waals surface area contributed by atoms with Gasteiger partial charge in [0.25, 0.3) is 5.91 Å². The fraction of sp³-hybridized carbons (Fsp3) is 0.438. The standard InChI is InChI=1S/C16H19NO3S/c1-11(2)20-15-10-12(9-14-13(15)3-6-19-14)16(18)17-4-7-21-8-5-17/h3,6,9-11H,4-5,7-8H2,1-2H3. The molecule has 0 N–H and O–H groups in total. The van der Waals surface area contributed by atoms with E-state index < -0.39 is 0 Å². The summed E-state index contributed by atoms with van der Waals surface area (Å²) in [7, 11) is 0. The molecular formula is C16H19NO3S. The minimum atomic E-state index is 0.0554. The average molecular weight is 305 g/mol. The van der Waals surface area contributed by atoms with Crippen LogP contribution in [0.4, 0.5) is 0 Å². The first-order valence-corrected chi connectivity index (χ1v) is 8.35. The number of thioether (sulfide) groups is 1. The van der Waals surface area contributed by atoms with Gasteiger partial charge in [0.05, 0.1) is 17.8 Å². The summed E-state index contributed by atoms with van der Waals surface area (Å²) in [6.07, 6.45) is 1.68. The normalized spacial score (nSPS) is 15.7. The number of amides is 1. The maximum Gasteiger partial charge on any atom is 0.254 e. The second-order valence-electron chi connectivity index (χ2n) is 5.38. The van der Waals surface area contributed by atoms with Gasteiger partial charge in [-0.05, 0) is 32.0 Å². The maximum atomic E-state index is 12.6. The Labute approximate surface area is 128 Å². The first-order chi connectivity index (χ1) is 10.1. The molecule has 3 rings (SSSR count). The Morgan fingerprint density at radius 3 is 2.81 bits per heavy atom. The molecule has 4 nitrogen and oxygen atoms in total. The molecule has 1 aromatic heterocycles. The van der Waals surface area contributed by atoms with E-state index >= 15 is 0 Å². The molecule has 1 aromatic carbocycles. The van der Waals surface area contributed by atoms with Crippen molar-refractivity contribution in [2.75, 3.05) is 24.6 Å². The fourth-order valence-electron chi connectivity index (χ4n) is 2.46. The van der Waals surface area contributed by atoms with Gasteiger partial charge in [-0.1, -0.05) is 0 Å². The fourth-order valence-corrected chi connectivity index (χ4v) is 3.37. The van der Waals surface area contributed by atoms with Crippen molar-refractivity contribution in [3.63, 3.8) is 0 Å². The molecule has 1 saturated heterocycles. The SMILES string of the molecule is CC(C)Oc1cc(C(=O)N2CCSCC2)cc2occc12. The van der Waals surface area contributed by atoms with E-state index in [1.54, 1.807) is 6.26 Å². The summed E-state index contributed by atoms with van der Waals surface area (Å²) in [5.41, 5.74) is 1.34. The Morgan fingerprint density at radius 1 is 1.33 bits per heavy atom. The predicted octanol–water partition coefficient (Wildman–Crippen LogP) is 3.41. The van der Waals surface area contributed by atoms with Crippen LogP contribution in [0.25, 0.3) is 11.0 Å². The maximum absolute atomic E-state index is 12.6. The molecular weight excluding hydrogens is 286 g/mol. The van der Waals surface area contributed by atoms with Gasteiger partial charge in [0.1, 0.15) is 11.3 Å². The van der Waals surface area contributed by atoms with Gasteiger partial charge in [0, 0.05) is 30.2 Å². The van der Waals surface area contributed by atoms with Crippen LogP contribution < -0.4 is 4.74 Å². The molecule has 5 heteroatoms. The third kappa shape index (κ3) is 3.02. The van der Waals surface area contributed by atoms with Crippen molar-refractivity contribution in [2.45, 2.75) is 20.0 Å². The van der Waals surface area contributed by atoms with Crippen LogP contribution in [0.15, 0.2) is 28.9 Å². The smallest absolute Gasteiger partial charge is 0.254 e. The summed E-state index contributed by atoms with van der Waals surface area (Å²) in [5, 5.41) is 0.912. The Bertz CT molecular complexity index is 644. The van der Waals surface area contributed by atoms with Gasteiger partial charge in [-0.3, -0.25) is 4.79 Å². The lowest BCUT2D eigenvalue weighted by atomic mass is 10.1. The first kappa shape index (κ1) is 14.3. The lowest BCUT2D eigenvalue weighted by Crippen LogP contribution is -2.37. The van der Waals surface area contributed by atoms with Crippen molar-refractivity contribution >= 4 is 28.6 Å². The lowest BCUT2D eigenvalue weighted by molar-refractivity contribution is 0.0771. The monoisotopic (exact) mass is 305 g/mol. The molecule has 0 unspecified atom stereocenters. The predicted molar refractivity (Wildman–Crippen MR) is 85.2 cm³/mol. The molecule has 112 valence electrons. The quantitative estimate of drug-likeness (QED) is 0.871. The molecule has 0 aliphatic carbocycles. The van der Waals surface area contributed by atoms with E-state index in [0.717, 1.165) is 30.0 Å². The van der Waals surface area contributed by atoms with Crippen LogP contribution in [0.2, 0.25) is 0 Å². The van der Waals surface area contributed by atoms with Gasteiger partial charge in [0.2, 0.25) is 0 Å². The second-order valence-corrected chi connectivity index (χ2v) is 6.60. The highest BCUT2D eigenvalue weighted by molar-refractivity contribution is 7.99. The van der Waals surface area contributed by atoms with Gasteiger partial charge in [-0.15, -0.1) is 0 Å². The molecule has 0 radical (unpaired) electrons. The summed E-state index contributed by atoms with van der Waals surface area (Å²) >= 11 is 1.89. The molecule has 1 amide bonds. The molecule has 21 heavy (non-hydrogen) atoms. The number of ether oxygens (including phenoxy) is 1. The van der Waals surface area contributed by atoms with E-state index in [1.807, 2.05) is 48.7 Å². The topological polar surface area (TPSA) is 42.7 Å². The van der Waals surface area contributed by atoms with E-state index in [1.165, 1.54) is 0 Å². The zero-order valence-corrected chi connectivity index (χ0v) is 13.1. The Balaban J connectivity index is 1.95. The number of furan rings is 1. The Hall–Kier alpha value is -1.62. The molecule has 0 atom stereocenters. The highest BCUT2D eigenvalue weighted by atomic mass is 32.2. The van der Waals surface area contributed by atoms with Gasteiger partial charge < -0.3 is 14.1 Å². The summed E-state index contributed by atoms with van der Waals surface area (Å²) < 4.78 is 11.3. The highest BCUT2D eigenvalue weighted by Crippen LogP contribution is 2.30. The molecule has 1 aliphatic heterocycles. The number of benzene rings is 1. The van der Waals surface area contributed by atoms with Crippen molar-refractivity contribution in [3.8, 4) is 5.75 Å². The van der Waals surface area contributed by atoms with E-state index in [4.69, 9.17) is 9.15 Å². The lowest BCUT2D eigenvalue weighted by Gasteiger charge is -2.26. The Kier molecular flexibility index (Phi) is 4.10. The molecule has 2 aromatic rings. The van der Waals surface area contributed by atoms with Crippen LogP contribution in [0.3, 0.4) is 0 Å². The van der Waals surface area contributed by atoms with Gasteiger partial charge in [-0.2, -0.15) is 11.8 Å². The van der Waals surface area contributed by atoms with Crippen molar-refractivity contribution in [1.82, 2.24) is 4.90 Å². The average Bonchev–Trinajstić information content (AvgIpc) is 2.95. The van der Waals surface area contributed by atoms with Gasteiger partial charge in [0.15, 0.2) is 0 Å². The minimum absolute atomic E-state index is 0.0554. The zero-order chi connectivity index (χ0) is 14.8. The van der Waals surface area contributed by atoms with Crippen molar-refractivity contribution in [2.24, 2.45) is 0 Å². The second kappa shape index (κ2) is 6.02. The molecule has 1 fully saturated rings. The van der Waals surface area contributed by atoms with Crippen LogP contribution in [0, 0.1) is 0 Å². The van der Waals surface area contributed by atoms with E-state index in [2.05, 4.69) is 0 Å². The summed E-state index contributed by atoms with van der Waals surface area (Å²) in [6, 6.07) is 5.52. The van der Waals surface area contributed by atoms with Crippen LogP contribution in [0.1, 0.15) is 24.2 Å². The van der Waals surface area contributed by atoms with Crippen molar-refractivity contribution < 1.29 is 13.9 Å². The number of carbonyl (C=O) groups is 1. The van der Waals surface area contributed by atoms with Gasteiger partial charge >= 0.3 is 0 Å². The van der Waals surface area contributed by atoms with Crippen LogP contribution in [0.5, 0.6) is 5.75 Å². The zero-order valence-electron chi connectivity index (χ0n) is 12.3. The molecule has 0 spiro atoms. The van der Waals surface area contributed by atoms with E-state index in [-0.39, 0.29) is 12.0 Å². The first-order valence-electron chi connectivity index (χ1n) is 7.20. The summed E-state index contributed by atoms with van der Waals surface area (Å²) in [5.74, 6) is 2.78. The third-order valence-electron chi connectivity index (χ3n) is 3.44. The largest absolute Gasteiger partial charge is 0.490 e. The Morgan fingerprint density at radius 2 is 2.10 bits per heavy atom. The van der Waals surface area contributed by atoms with Crippen LogP contribution in [-0.4, -0.2) is 41.5 Å². The number of carbonyl (C=O) groups excluding carboxylic acids is 1. The number of hydrogen-bond acceptors (Lipinski definition) is 4. The van der Waals surface area contributed by atoms with Crippen molar-refractivity contribution in [1.29, 1.82) is 0 Å². The van der Waals surface area contributed by atoms with E-state index in [0.29, 0.717) is 16.9 Å². The third-order valence-corrected chi connectivity index (χ3v) is 4.38. The highest BCUT2D eigenvalue weighted by Gasteiger charge is 2.21. The van der Waals surface area contributed by atoms with Crippen LogP contribution in [-0.2, 0) is 0 Å². The summed E-state index contributed by atoms with van der Waals surface area (Å²) in [6.45, 7) is 5.56. The minimum Gasteiger partial charge on any atom is -0.490 e.